The average molecular weight is 260 g/mol. The molecule has 0 unspecified atom stereocenters. The smallest absolute Gasteiger partial charge is 0.172 e. The van der Waals surface area contributed by atoms with Gasteiger partial charge >= 0.3 is 0 Å². The molecule has 0 N–H and O–H groups in total. The predicted molar refractivity (Wildman–Crippen MR) is 70.0 cm³/mol. The van der Waals surface area contributed by atoms with Crippen LogP contribution < -0.4 is 4.74 Å². The summed E-state index contributed by atoms with van der Waals surface area (Å²) in [4.78, 5) is 0. The van der Waals surface area contributed by atoms with E-state index in [0.29, 0.717) is 10.7 Å². The first-order valence-electron chi connectivity index (χ1n) is 5.43. The van der Waals surface area contributed by atoms with Crippen molar-refractivity contribution >= 4 is 17.2 Å². The molecule has 0 fully saturated rings. The van der Waals surface area contributed by atoms with Crippen molar-refractivity contribution in [3.8, 4) is 17.1 Å². The molecule has 18 heavy (non-hydrogen) atoms. The zero-order chi connectivity index (χ0) is 12.5. The molecule has 0 bridgehead atoms. The SMILES string of the molecule is COc1ccccc1-c1nnc2cc(Cl)ccn12. The second-order valence-electron chi connectivity index (χ2n) is 3.80. The van der Waals surface area contributed by atoms with E-state index in [9.17, 15) is 0 Å². The number of hydrogen-bond acceptors (Lipinski definition) is 3. The molecule has 3 rings (SSSR count). The maximum atomic E-state index is 5.93. The van der Waals surface area contributed by atoms with E-state index in [1.807, 2.05) is 34.9 Å². The quantitative estimate of drug-likeness (QED) is 0.710. The first-order chi connectivity index (χ1) is 8.79. The standard InChI is InChI=1S/C13H10ClN3O/c1-18-11-5-3-2-4-10(11)13-16-15-12-8-9(14)6-7-17(12)13/h2-8H,1H3. The normalized spacial score (nSPS) is 10.8. The van der Waals surface area contributed by atoms with E-state index >= 15 is 0 Å². The molecule has 0 spiro atoms. The van der Waals surface area contributed by atoms with Gasteiger partial charge in [0.05, 0.1) is 12.7 Å². The van der Waals surface area contributed by atoms with Gasteiger partial charge in [0.2, 0.25) is 0 Å². The minimum absolute atomic E-state index is 0.640. The summed E-state index contributed by atoms with van der Waals surface area (Å²) in [5, 5.41) is 8.93. The highest BCUT2D eigenvalue weighted by atomic mass is 35.5. The molecule has 0 saturated carbocycles. The summed E-state index contributed by atoms with van der Waals surface area (Å²) >= 11 is 5.93. The lowest BCUT2D eigenvalue weighted by Gasteiger charge is -2.06. The Bertz CT molecular complexity index is 708. The van der Waals surface area contributed by atoms with Crippen molar-refractivity contribution in [2.75, 3.05) is 7.11 Å². The van der Waals surface area contributed by atoms with E-state index in [0.717, 1.165) is 17.1 Å². The van der Waals surface area contributed by atoms with Gasteiger partial charge in [-0.25, -0.2) is 0 Å². The van der Waals surface area contributed by atoms with Crippen molar-refractivity contribution < 1.29 is 4.74 Å². The van der Waals surface area contributed by atoms with Crippen molar-refractivity contribution in [3.05, 3.63) is 47.6 Å². The maximum absolute atomic E-state index is 5.93. The van der Waals surface area contributed by atoms with E-state index in [1.54, 1.807) is 19.2 Å². The molecule has 1 aromatic carbocycles. The van der Waals surface area contributed by atoms with E-state index in [4.69, 9.17) is 16.3 Å². The fraction of sp³-hybridized carbons (Fsp3) is 0.0769. The fourth-order valence-corrected chi connectivity index (χ4v) is 2.03. The molecular formula is C13H10ClN3O. The number of benzene rings is 1. The zero-order valence-corrected chi connectivity index (χ0v) is 10.4. The van der Waals surface area contributed by atoms with E-state index in [2.05, 4.69) is 10.2 Å². The Morgan fingerprint density at radius 3 is 2.83 bits per heavy atom. The molecule has 0 aliphatic heterocycles. The third-order valence-corrected chi connectivity index (χ3v) is 2.95. The van der Waals surface area contributed by atoms with Crippen molar-refractivity contribution in [1.29, 1.82) is 0 Å². The van der Waals surface area contributed by atoms with Gasteiger partial charge < -0.3 is 4.74 Å². The lowest BCUT2D eigenvalue weighted by atomic mass is 10.2. The van der Waals surface area contributed by atoms with Gasteiger partial charge in [0.25, 0.3) is 0 Å². The van der Waals surface area contributed by atoms with Crippen LogP contribution in [0.1, 0.15) is 0 Å². The molecule has 3 aromatic rings. The Hall–Kier alpha value is -2.07. The van der Waals surface area contributed by atoms with Crippen LogP contribution in [-0.2, 0) is 0 Å². The van der Waals surface area contributed by atoms with Crippen LogP contribution >= 0.6 is 11.6 Å². The summed E-state index contributed by atoms with van der Waals surface area (Å²) in [5.74, 6) is 1.50. The highest BCUT2D eigenvalue weighted by molar-refractivity contribution is 6.30. The second kappa shape index (κ2) is 4.31. The van der Waals surface area contributed by atoms with E-state index in [1.165, 1.54) is 0 Å². The molecule has 0 saturated heterocycles. The molecular weight excluding hydrogens is 250 g/mol. The second-order valence-corrected chi connectivity index (χ2v) is 4.23. The number of rotatable bonds is 2. The van der Waals surface area contributed by atoms with Crippen LogP contribution in [0.4, 0.5) is 0 Å². The Labute approximate surface area is 109 Å². The van der Waals surface area contributed by atoms with E-state index < -0.39 is 0 Å². The van der Waals surface area contributed by atoms with Crippen molar-refractivity contribution in [3.63, 3.8) is 0 Å². The summed E-state index contributed by atoms with van der Waals surface area (Å²) in [5.41, 5.74) is 1.61. The number of para-hydroxylation sites is 1. The van der Waals surface area contributed by atoms with Crippen LogP contribution in [0.5, 0.6) is 5.75 Å². The van der Waals surface area contributed by atoms with Gasteiger partial charge in [-0.1, -0.05) is 23.7 Å². The highest BCUT2D eigenvalue weighted by Gasteiger charge is 2.12. The number of aromatic nitrogens is 3. The highest BCUT2D eigenvalue weighted by Crippen LogP contribution is 2.28. The number of halogens is 1. The molecule has 4 nitrogen and oxygen atoms in total. The molecule has 5 heteroatoms. The van der Waals surface area contributed by atoms with Crippen molar-refractivity contribution in [1.82, 2.24) is 14.6 Å². The topological polar surface area (TPSA) is 39.4 Å². The van der Waals surface area contributed by atoms with Crippen molar-refractivity contribution in [2.24, 2.45) is 0 Å². The maximum Gasteiger partial charge on any atom is 0.172 e. The van der Waals surface area contributed by atoms with Crippen LogP contribution in [0.15, 0.2) is 42.6 Å². The monoisotopic (exact) mass is 259 g/mol. The summed E-state index contributed by atoms with van der Waals surface area (Å²) in [6.45, 7) is 0. The number of hydrogen-bond donors (Lipinski definition) is 0. The Balaban J connectivity index is 2.26. The van der Waals surface area contributed by atoms with Gasteiger partial charge in [0.1, 0.15) is 5.75 Å². The van der Waals surface area contributed by atoms with Gasteiger partial charge in [-0.3, -0.25) is 4.40 Å². The lowest BCUT2D eigenvalue weighted by Crippen LogP contribution is -1.92. The fourth-order valence-electron chi connectivity index (χ4n) is 1.88. The van der Waals surface area contributed by atoms with E-state index in [-0.39, 0.29) is 0 Å². The number of nitrogens with zero attached hydrogens (tertiary/aromatic N) is 3. The summed E-state index contributed by atoms with van der Waals surface area (Å²) in [6, 6.07) is 11.3. The Kier molecular flexibility index (Phi) is 2.64. The van der Waals surface area contributed by atoms with Crippen LogP contribution in [0.2, 0.25) is 5.02 Å². The van der Waals surface area contributed by atoms with Gasteiger partial charge in [0, 0.05) is 17.3 Å². The molecule has 0 aliphatic rings. The van der Waals surface area contributed by atoms with Crippen LogP contribution in [0.3, 0.4) is 0 Å². The van der Waals surface area contributed by atoms with Crippen LogP contribution in [0, 0.1) is 0 Å². The summed E-state index contributed by atoms with van der Waals surface area (Å²) < 4.78 is 7.21. The largest absolute Gasteiger partial charge is 0.496 e. The molecule has 0 aliphatic carbocycles. The van der Waals surface area contributed by atoms with Gasteiger partial charge in [0.15, 0.2) is 11.5 Å². The number of methoxy groups -OCH3 is 1. The third kappa shape index (κ3) is 1.71. The van der Waals surface area contributed by atoms with Crippen molar-refractivity contribution in [2.45, 2.75) is 0 Å². The molecule has 2 heterocycles. The molecule has 0 atom stereocenters. The number of ether oxygens (including phenoxy) is 1. The Morgan fingerprint density at radius 2 is 2.00 bits per heavy atom. The van der Waals surface area contributed by atoms with Gasteiger partial charge in [-0.2, -0.15) is 0 Å². The predicted octanol–water partition coefficient (Wildman–Crippen LogP) is 3.06. The minimum Gasteiger partial charge on any atom is -0.496 e. The van der Waals surface area contributed by atoms with Crippen LogP contribution in [0.25, 0.3) is 17.0 Å². The number of pyridine rings is 1. The zero-order valence-electron chi connectivity index (χ0n) is 9.67. The first-order valence-corrected chi connectivity index (χ1v) is 5.81. The van der Waals surface area contributed by atoms with Gasteiger partial charge in [-0.05, 0) is 18.2 Å². The molecule has 0 amide bonds. The summed E-state index contributed by atoms with van der Waals surface area (Å²) in [6.07, 6.45) is 1.85. The van der Waals surface area contributed by atoms with Gasteiger partial charge in [-0.15, -0.1) is 10.2 Å². The first kappa shape index (κ1) is 11.0. The summed E-state index contributed by atoms with van der Waals surface area (Å²) in [7, 11) is 1.64. The molecule has 90 valence electrons. The lowest BCUT2D eigenvalue weighted by molar-refractivity contribution is 0.416. The minimum atomic E-state index is 0.640. The Morgan fingerprint density at radius 1 is 1.17 bits per heavy atom. The molecule has 0 radical (unpaired) electrons. The molecule has 2 aromatic heterocycles. The third-order valence-electron chi connectivity index (χ3n) is 2.72. The van der Waals surface area contributed by atoms with Crippen LogP contribution in [-0.4, -0.2) is 21.7 Å². The number of fused-ring (bicyclic) bond motifs is 1. The average Bonchev–Trinajstić information content (AvgIpc) is 2.81.